The van der Waals surface area contributed by atoms with E-state index in [0.717, 1.165) is 36.3 Å². The molecule has 1 heterocycles. The quantitative estimate of drug-likeness (QED) is 0.777. The van der Waals surface area contributed by atoms with Crippen molar-refractivity contribution in [3.63, 3.8) is 0 Å². The molecule has 0 aromatic heterocycles. The number of carbonyl (C=O) groups is 2. The normalized spacial score (nSPS) is 15.8. The molecular weight excluding hydrogens is 368 g/mol. The molecule has 0 spiro atoms. The van der Waals surface area contributed by atoms with Crippen LogP contribution in [0.15, 0.2) is 42.5 Å². The molecule has 1 N–H and O–H groups in total. The number of rotatable bonds is 7. The highest BCUT2D eigenvalue weighted by Gasteiger charge is 2.18. The molecule has 0 aliphatic carbocycles. The number of carbonyl (C=O) groups excluding carboxylic acids is 2. The van der Waals surface area contributed by atoms with Crippen LogP contribution >= 0.6 is 0 Å². The van der Waals surface area contributed by atoms with Gasteiger partial charge in [0.1, 0.15) is 12.4 Å². The lowest BCUT2D eigenvalue weighted by atomic mass is 10.1. The van der Waals surface area contributed by atoms with Crippen molar-refractivity contribution in [1.82, 2.24) is 4.90 Å². The molecule has 1 saturated heterocycles. The number of likely N-dealkylation sites (N-methyl/N-ethyl adjacent to an activating group) is 1. The summed E-state index contributed by atoms with van der Waals surface area (Å²) >= 11 is 0. The van der Waals surface area contributed by atoms with Gasteiger partial charge in [0.15, 0.2) is 0 Å². The second-order valence-electron chi connectivity index (χ2n) is 7.45. The predicted octanol–water partition coefficient (Wildman–Crippen LogP) is 3.57. The molecule has 0 radical (unpaired) electrons. The Hall–Kier alpha value is -2.86. The van der Waals surface area contributed by atoms with Gasteiger partial charge in [-0.3, -0.25) is 9.59 Å². The Labute approximate surface area is 171 Å². The Kier molecular flexibility index (Phi) is 6.88. The van der Waals surface area contributed by atoms with Crippen molar-refractivity contribution < 1.29 is 19.1 Å². The number of nitrogens with one attached hydrogen (secondary N) is 1. The van der Waals surface area contributed by atoms with E-state index >= 15 is 0 Å². The Morgan fingerprint density at radius 1 is 1.17 bits per heavy atom. The zero-order chi connectivity index (χ0) is 20.8. The van der Waals surface area contributed by atoms with Gasteiger partial charge in [-0.2, -0.15) is 0 Å². The van der Waals surface area contributed by atoms with E-state index in [-0.39, 0.29) is 24.5 Å². The number of para-hydroxylation sites is 1. The molecular formula is C23H28N2O4. The largest absolute Gasteiger partial charge is 0.491 e. The second kappa shape index (κ2) is 9.56. The minimum absolute atomic E-state index is 0.0341. The number of benzene rings is 2. The first kappa shape index (κ1) is 20.9. The van der Waals surface area contributed by atoms with E-state index in [1.165, 1.54) is 4.90 Å². The van der Waals surface area contributed by atoms with Crippen molar-refractivity contribution >= 4 is 17.5 Å². The first-order valence-electron chi connectivity index (χ1n) is 9.90. The zero-order valence-electron chi connectivity index (χ0n) is 17.2. The molecule has 1 fully saturated rings. The van der Waals surface area contributed by atoms with E-state index in [0.29, 0.717) is 17.9 Å². The van der Waals surface area contributed by atoms with Crippen LogP contribution in [0.25, 0.3) is 0 Å². The molecule has 3 rings (SSSR count). The van der Waals surface area contributed by atoms with Gasteiger partial charge < -0.3 is 19.7 Å². The van der Waals surface area contributed by atoms with E-state index < -0.39 is 0 Å². The van der Waals surface area contributed by atoms with Gasteiger partial charge in [-0.15, -0.1) is 0 Å². The van der Waals surface area contributed by atoms with E-state index in [2.05, 4.69) is 5.32 Å². The van der Waals surface area contributed by atoms with Gasteiger partial charge in [-0.1, -0.05) is 24.3 Å². The summed E-state index contributed by atoms with van der Waals surface area (Å²) in [5.41, 5.74) is 3.26. The van der Waals surface area contributed by atoms with Crippen molar-refractivity contribution in [3.05, 3.63) is 59.2 Å². The molecule has 1 aliphatic heterocycles. The number of aryl methyl sites for hydroxylation is 2. The van der Waals surface area contributed by atoms with Gasteiger partial charge in [0, 0.05) is 24.9 Å². The van der Waals surface area contributed by atoms with E-state index in [1.807, 2.05) is 38.1 Å². The molecule has 154 valence electrons. The molecule has 6 heteroatoms. The Morgan fingerprint density at radius 3 is 2.59 bits per heavy atom. The highest BCUT2D eigenvalue weighted by molar-refractivity contribution is 5.99. The maximum atomic E-state index is 12.7. The van der Waals surface area contributed by atoms with Crippen molar-refractivity contribution in [2.24, 2.45) is 0 Å². The van der Waals surface area contributed by atoms with Crippen molar-refractivity contribution in [2.45, 2.75) is 32.8 Å². The minimum Gasteiger partial charge on any atom is -0.491 e. The minimum atomic E-state index is -0.232. The summed E-state index contributed by atoms with van der Waals surface area (Å²) in [6.45, 7) is 5.11. The topological polar surface area (TPSA) is 67.9 Å². The number of amides is 2. The van der Waals surface area contributed by atoms with Crippen LogP contribution in [-0.2, 0) is 9.53 Å². The lowest BCUT2D eigenvalue weighted by Crippen LogP contribution is -2.35. The molecule has 0 bridgehead atoms. The maximum absolute atomic E-state index is 12.7. The molecule has 29 heavy (non-hydrogen) atoms. The Bertz CT molecular complexity index is 855. The van der Waals surface area contributed by atoms with Crippen LogP contribution in [0, 0.1) is 13.8 Å². The van der Waals surface area contributed by atoms with E-state index in [9.17, 15) is 9.59 Å². The molecule has 0 saturated carbocycles. The smallest absolute Gasteiger partial charge is 0.254 e. The van der Waals surface area contributed by atoms with Crippen LogP contribution in [0.3, 0.4) is 0 Å². The zero-order valence-corrected chi connectivity index (χ0v) is 17.2. The SMILES string of the molecule is Cc1cccc(C)c1NC(=O)CN(C)C(=O)c1cccc(OC[C@H]2CCCO2)c1. The van der Waals surface area contributed by atoms with Crippen LogP contribution in [-0.4, -0.2) is 49.6 Å². The van der Waals surface area contributed by atoms with E-state index in [4.69, 9.17) is 9.47 Å². The fraction of sp³-hybridized carbons (Fsp3) is 0.391. The fourth-order valence-electron chi connectivity index (χ4n) is 3.38. The van der Waals surface area contributed by atoms with Crippen LogP contribution in [0.2, 0.25) is 0 Å². The van der Waals surface area contributed by atoms with Gasteiger partial charge in [0.2, 0.25) is 5.91 Å². The summed E-state index contributed by atoms with van der Waals surface area (Å²) in [7, 11) is 1.62. The van der Waals surface area contributed by atoms with Crippen LogP contribution in [0.1, 0.15) is 34.3 Å². The van der Waals surface area contributed by atoms with E-state index in [1.54, 1.807) is 25.2 Å². The van der Waals surface area contributed by atoms with Gasteiger partial charge in [0.05, 0.1) is 12.6 Å². The molecule has 1 atom stereocenters. The van der Waals surface area contributed by atoms with Gasteiger partial charge >= 0.3 is 0 Å². The Balaban J connectivity index is 1.57. The average Bonchev–Trinajstić information content (AvgIpc) is 3.22. The number of ether oxygens (including phenoxy) is 2. The molecule has 2 aromatic rings. The summed E-state index contributed by atoms with van der Waals surface area (Å²) < 4.78 is 11.3. The molecule has 6 nitrogen and oxygen atoms in total. The van der Waals surface area contributed by atoms with Crippen molar-refractivity contribution in [1.29, 1.82) is 0 Å². The predicted molar refractivity (Wildman–Crippen MR) is 112 cm³/mol. The fourth-order valence-corrected chi connectivity index (χ4v) is 3.38. The highest BCUT2D eigenvalue weighted by atomic mass is 16.5. The first-order valence-corrected chi connectivity index (χ1v) is 9.90. The summed E-state index contributed by atoms with van der Waals surface area (Å²) in [6, 6.07) is 12.9. The van der Waals surface area contributed by atoms with Crippen molar-refractivity contribution in [3.8, 4) is 5.75 Å². The summed E-state index contributed by atoms with van der Waals surface area (Å²) in [5, 5.41) is 2.91. The highest BCUT2D eigenvalue weighted by Crippen LogP contribution is 2.20. The number of hydrogen-bond donors (Lipinski definition) is 1. The summed E-state index contributed by atoms with van der Waals surface area (Å²) in [6.07, 6.45) is 2.17. The lowest BCUT2D eigenvalue weighted by molar-refractivity contribution is -0.116. The van der Waals surface area contributed by atoms with Crippen LogP contribution < -0.4 is 10.1 Å². The maximum Gasteiger partial charge on any atom is 0.254 e. The molecule has 2 amide bonds. The molecule has 0 unspecified atom stereocenters. The number of nitrogens with zero attached hydrogens (tertiary/aromatic N) is 1. The third-order valence-corrected chi connectivity index (χ3v) is 5.01. The van der Waals surface area contributed by atoms with Crippen LogP contribution in [0.5, 0.6) is 5.75 Å². The Morgan fingerprint density at radius 2 is 1.90 bits per heavy atom. The summed E-state index contributed by atoms with van der Waals surface area (Å²) in [4.78, 5) is 26.6. The monoisotopic (exact) mass is 396 g/mol. The van der Waals surface area contributed by atoms with Crippen LogP contribution in [0.4, 0.5) is 5.69 Å². The van der Waals surface area contributed by atoms with Gasteiger partial charge in [-0.05, 0) is 56.0 Å². The van der Waals surface area contributed by atoms with Gasteiger partial charge in [0.25, 0.3) is 5.91 Å². The lowest BCUT2D eigenvalue weighted by Gasteiger charge is -2.19. The standard InChI is InChI=1S/C23H28N2O4/c1-16-7-4-8-17(2)22(16)24-21(26)14-25(3)23(27)18-9-5-10-19(13-18)29-15-20-11-6-12-28-20/h4-5,7-10,13,20H,6,11-12,14-15H2,1-3H3,(H,24,26)/t20-/m1/s1. The first-order chi connectivity index (χ1) is 13.9. The molecule has 2 aromatic carbocycles. The third kappa shape index (κ3) is 5.57. The molecule has 1 aliphatic rings. The third-order valence-electron chi connectivity index (χ3n) is 5.01. The average molecular weight is 396 g/mol. The van der Waals surface area contributed by atoms with Crippen molar-refractivity contribution in [2.75, 3.05) is 32.1 Å². The second-order valence-corrected chi connectivity index (χ2v) is 7.45. The number of anilines is 1. The summed E-state index contributed by atoms with van der Waals surface area (Å²) in [5.74, 6) is 0.160. The number of hydrogen-bond acceptors (Lipinski definition) is 4. The van der Waals surface area contributed by atoms with Gasteiger partial charge in [-0.25, -0.2) is 0 Å².